The second kappa shape index (κ2) is 9.87. The van der Waals surface area contributed by atoms with Crippen molar-refractivity contribution < 1.29 is 19.5 Å². The monoisotopic (exact) mass is 425 g/mol. The summed E-state index contributed by atoms with van der Waals surface area (Å²) in [5.74, 6) is -2.22. The molecule has 0 saturated heterocycles. The maximum Gasteiger partial charge on any atom is 0.337 e. The summed E-state index contributed by atoms with van der Waals surface area (Å²) in [6.07, 6.45) is 1.36. The Hall–Kier alpha value is -4.70. The molecule has 0 aromatic heterocycles. The fourth-order valence-corrected chi connectivity index (χ4v) is 2.90. The molecule has 0 radical (unpaired) electrons. The van der Waals surface area contributed by atoms with Gasteiger partial charge in [-0.15, -0.1) is 0 Å². The molecule has 0 aliphatic carbocycles. The van der Waals surface area contributed by atoms with Gasteiger partial charge in [0.1, 0.15) is 11.6 Å². The molecule has 7 heteroatoms. The van der Waals surface area contributed by atoms with E-state index in [9.17, 15) is 24.8 Å². The molecule has 0 aliphatic heterocycles. The molecule has 0 spiro atoms. The molecule has 0 unspecified atom stereocenters. The third-order valence-corrected chi connectivity index (χ3v) is 4.54. The molecule has 0 heterocycles. The molecule has 3 aromatic carbocycles. The first-order valence-electron chi connectivity index (χ1n) is 9.61. The fourth-order valence-electron chi connectivity index (χ4n) is 2.90. The van der Waals surface area contributed by atoms with E-state index in [1.54, 1.807) is 42.5 Å². The van der Waals surface area contributed by atoms with Gasteiger partial charge in [0.15, 0.2) is 0 Å². The average molecular weight is 425 g/mol. The SMILES string of the molecule is Cc1ccc(C(=O)Nc2cccc(C=C(C#N)C(=O)Nc3ccccc3C(=O)O)c2)cc1. The Bertz CT molecular complexity index is 1250. The van der Waals surface area contributed by atoms with Crippen molar-refractivity contribution in [1.29, 1.82) is 5.26 Å². The van der Waals surface area contributed by atoms with Gasteiger partial charge < -0.3 is 15.7 Å². The van der Waals surface area contributed by atoms with Gasteiger partial charge >= 0.3 is 5.97 Å². The first-order chi connectivity index (χ1) is 15.4. The Morgan fingerprint density at radius 2 is 1.66 bits per heavy atom. The maximum absolute atomic E-state index is 12.5. The van der Waals surface area contributed by atoms with Crippen molar-refractivity contribution in [2.24, 2.45) is 0 Å². The minimum Gasteiger partial charge on any atom is -0.478 e. The van der Waals surface area contributed by atoms with Gasteiger partial charge in [-0.3, -0.25) is 9.59 Å². The summed E-state index contributed by atoms with van der Waals surface area (Å²) in [6.45, 7) is 1.93. The largest absolute Gasteiger partial charge is 0.478 e. The van der Waals surface area contributed by atoms with Gasteiger partial charge in [-0.1, -0.05) is 42.0 Å². The summed E-state index contributed by atoms with van der Waals surface area (Å²) >= 11 is 0. The van der Waals surface area contributed by atoms with Crippen LogP contribution in [0, 0.1) is 18.3 Å². The lowest BCUT2D eigenvalue weighted by molar-refractivity contribution is -0.112. The topological polar surface area (TPSA) is 119 Å². The van der Waals surface area contributed by atoms with Gasteiger partial charge in [0.2, 0.25) is 0 Å². The number of carboxylic acids is 1. The van der Waals surface area contributed by atoms with Crippen LogP contribution in [0.15, 0.2) is 78.4 Å². The Balaban J connectivity index is 1.78. The molecular formula is C25H19N3O4. The smallest absolute Gasteiger partial charge is 0.337 e. The van der Waals surface area contributed by atoms with Gasteiger partial charge in [-0.05, 0) is 55.0 Å². The minimum atomic E-state index is -1.19. The molecular weight excluding hydrogens is 406 g/mol. The van der Waals surface area contributed by atoms with Crippen LogP contribution >= 0.6 is 0 Å². The Labute approximate surface area is 184 Å². The molecule has 0 aliphatic rings. The molecule has 0 saturated carbocycles. The number of aryl methyl sites for hydroxylation is 1. The molecule has 0 fully saturated rings. The summed E-state index contributed by atoms with van der Waals surface area (Å²) in [5, 5.41) is 23.9. The fraction of sp³-hybridized carbons (Fsp3) is 0.0400. The molecule has 32 heavy (non-hydrogen) atoms. The molecule has 0 bridgehead atoms. The Morgan fingerprint density at radius 1 is 0.938 bits per heavy atom. The quantitative estimate of drug-likeness (QED) is 0.397. The molecule has 3 N–H and O–H groups in total. The maximum atomic E-state index is 12.5. The van der Waals surface area contributed by atoms with E-state index in [1.165, 1.54) is 24.3 Å². The number of carbonyl (C=O) groups is 3. The second-order valence-electron chi connectivity index (χ2n) is 6.92. The number of amides is 2. The summed E-state index contributed by atoms with van der Waals surface area (Å²) < 4.78 is 0. The highest BCUT2D eigenvalue weighted by molar-refractivity contribution is 6.12. The summed E-state index contributed by atoms with van der Waals surface area (Å²) in [6, 6.07) is 21.6. The number of hydrogen-bond donors (Lipinski definition) is 3. The van der Waals surface area contributed by atoms with E-state index in [2.05, 4.69) is 10.6 Å². The average Bonchev–Trinajstić information content (AvgIpc) is 2.78. The van der Waals surface area contributed by atoms with Crippen molar-refractivity contribution in [1.82, 2.24) is 0 Å². The van der Waals surface area contributed by atoms with Gasteiger partial charge in [0.25, 0.3) is 11.8 Å². The lowest BCUT2D eigenvalue weighted by Crippen LogP contribution is -2.16. The van der Waals surface area contributed by atoms with E-state index < -0.39 is 11.9 Å². The zero-order valence-electron chi connectivity index (χ0n) is 17.1. The van der Waals surface area contributed by atoms with E-state index in [1.807, 2.05) is 25.1 Å². The standard InChI is InChI=1S/C25H19N3O4/c1-16-9-11-18(12-10-16)23(29)27-20-6-4-5-17(14-20)13-19(15-26)24(30)28-22-8-3-2-7-21(22)25(31)32/h2-14H,1H3,(H,27,29)(H,28,30)(H,31,32). The van der Waals surface area contributed by atoms with Crippen LogP contribution in [0.3, 0.4) is 0 Å². The molecule has 0 atom stereocenters. The number of rotatable bonds is 6. The third kappa shape index (κ3) is 5.46. The van der Waals surface area contributed by atoms with Gasteiger partial charge in [-0.25, -0.2) is 4.79 Å². The predicted octanol–water partition coefficient (Wildman–Crippen LogP) is 4.49. The first kappa shape index (κ1) is 22.0. The summed E-state index contributed by atoms with van der Waals surface area (Å²) in [5.41, 5.74) is 2.35. The van der Waals surface area contributed by atoms with Gasteiger partial charge in [0.05, 0.1) is 11.3 Å². The first-order valence-corrected chi connectivity index (χ1v) is 9.61. The van der Waals surface area contributed by atoms with Crippen LogP contribution in [0.2, 0.25) is 0 Å². The minimum absolute atomic E-state index is 0.0843. The second-order valence-corrected chi connectivity index (χ2v) is 6.92. The number of nitrogens with one attached hydrogen (secondary N) is 2. The van der Waals surface area contributed by atoms with Crippen LogP contribution in [-0.2, 0) is 4.79 Å². The number of nitrogens with zero attached hydrogens (tertiary/aromatic N) is 1. The van der Waals surface area contributed by atoms with Gasteiger partial charge in [0, 0.05) is 11.3 Å². The third-order valence-electron chi connectivity index (χ3n) is 4.54. The zero-order valence-corrected chi connectivity index (χ0v) is 17.1. The van der Waals surface area contributed by atoms with E-state index in [0.29, 0.717) is 16.8 Å². The molecule has 3 aromatic rings. The van der Waals surface area contributed by atoms with E-state index in [4.69, 9.17) is 0 Å². The number of carboxylic acid groups (broad SMARTS) is 1. The normalized spacial score (nSPS) is 10.7. The zero-order chi connectivity index (χ0) is 23.1. The van der Waals surface area contributed by atoms with Crippen LogP contribution in [-0.4, -0.2) is 22.9 Å². The lowest BCUT2D eigenvalue weighted by Gasteiger charge is -2.08. The molecule has 2 amide bonds. The van der Waals surface area contributed by atoms with Crippen LogP contribution in [0.25, 0.3) is 6.08 Å². The summed E-state index contributed by atoms with van der Waals surface area (Å²) in [7, 11) is 0. The molecule has 3 rings (SSSR count). The number of hydrogen-bond acceptors (Lipinski definition) is 4. The highest BCUT2D eigenvalue weighted by atomic mass is 16.4. The van der Waals surface area contributed by atoms with E-state index >= 15 is 0 Å². The number of aromatic carboxylic acids is 1. The van der Waals surface area contributed by atoms with Gasteiger partial charge in [-0.2, -0.15) is 5.26 Å². The van der Waals surface area contributed by atoms with Crippen LogP contribution in [0.5, 0.6) is 0 Å². The van der Waals surface area contributed by atoms with Crippen molar-refractivity contribution in [3.05, 3.63) is 101 Å². The number of carbonyl (C=O) groups excluding carboxylic acids is 2. The number of anilines is 2. The molecule has 7 nitrogen and oxygen atoms in total. The van der Waals surface area contributed by atoms with Crippen LogP contribution < -0.4 is 10.6 Å². The predicted molar refractivity (Wildman–Crippen MR) is 121 cm³/mol. The van der Waals surface area contributed by atoms with Crippen molar-refractivity contribution in [3.63, 3.8) is 0 Å². The highest BCUT2D eigenvalue weighted by Gasteiger charge is 2.15. The van der Waals surface area contributed by atoms with Crippen LogP contribution in [0.1, 0.15) is 31.8 Å². The number of nitriles is 1. The van der Waals surface area contributed by atoms with E-state index in [-0.39, 0.29) is 22.7 Å². The molecule has 158 valence electrons. The van der Waals surface area contributed by atoms with E-state index in [0.717, 1.165) is 5.56 Å². The van der Waals surface area contributed by atoms with Crippen molar-refractivity contribution in [3.8, 4) is 6.07 Å². The van der Waals surface area contributed by atoms with Crippen molar-refractivity contribution in [2.75, 3.05) is 10.6 Å². The number of para-hydroxylation sites is 1. The number of benzene rings is 3. The highest BCUT2D eigenvalue weighted by Crippen LogP contribution is 2.18. The van der Waals surface area contributed by atoms with Crippen molar-refractivity contribution in [2.45, 2.75) is 6.92 Å². The Morgan fingerprint density at radius 3 is 2.34 bits per heavy atom. The summed E-state index contributed by atoms with van der Waals surface area (Å²) in [4.78, 5) is 36.3. The van der Waals surface area contributed by atoms with Crippen molar-refractivity contribution >= 4 is 35.2 Å². The van der Waals surface area contributed by atoms with Crippen LogP contribution in [0.4, 0.5) is 11.4 Å². The Kier molecular flexibility index (Phi) is 6.78. The lowest BCUT2D eigenvalue weighted by atomic mass is 10.1.